The Labute approximate surface area is 74.2 Å². The Balaban J connectivity index is 2.18. The number of ether oxygens (including phenoxy) is 2. The minimum atomic E-state index is -0.225. The van der Waals surface area contributed by atoms with Crippen molar-refractivity contribution in [2.24, 2.45) is 11.8 Å². The molecule has 12 heavy (non-hydrogen) atoms. The van der Waals surface area contributed by atoms with Gasteiger partial charge in [0.25, 0.3) is 0 Å². The molecule has 0 aliphatic carbocycles. The first kappa shape index (κ1) is 8.52. The minimum absolute atomic E-state index is 0.225. The van der Waals surface area contributed by atoms with Gasteiger partial charge in [-0.15, -0.1) is 0 Å². The largest absolute Gasteiger partial charge is 0.347 e. The van der Waals surface area contributed by atoms with Gasteiger partial charge >= 0.3 is 0 Å². The molecule has 2 rings (SSSR count). The van der Waals surface area contributed by atoms with Crippen LogP contribution in [0.3, 0.4) is 0 Å². The molecule has 2 fully saturated rings. The molecule has 0 aromatic heterocycles. The Morgan fingerprint density at radius 3 is 2.83 bits per heavy atom. The molecular weight excluding hydrogens is 152 g/mol. The van der Waals surface area contributed by atoms with Crippen LogP contribution in [0.4, 0.5) is 0 Å². The van der Waals surface area contributed by atoms with Crippen molar-refractivity contribution in [3.8, 4) is 0 Å². The number of fused-ring (bicyclic) bond motifs is 2. The lowest BCUT2D eigenvalue weighted by Gasteiger charge is -2.39. The van der Waals surface area contributed by atoms with E-state index in [1.807, 2.05) is 0 Å². The SMILES string of the molecule is CCC12OC[C@@H](O1)C(C)CC2C. The predicted molar refractivity (Wildman–Crippen MR) is 46.8 cm³/mol. The topological polar surface area (TPSA) is 18.5 Å². The highest BCUT2D eigenvalue weighted by molar-refractivity contribution is 4.91. The van der Waals surface area contributed by atoms with Crippen LogP contribution >= 0.6 is 0 Å². The molecule has 0 saturated carbocycles. The van der Waals surface area contributed by atoms with Crippen LogP contribution in [0.1, 0.15) is 33.6 Å². The van der Waals surface area contributed by atoms with Crippen LogP contribution in [-0.4, -0.2) is 18.5 Å². The second-order valence-electron chi connectivity index (χ2n) is 4.25. The first-order chi connectivity index (χ1) is 5.68. The van der Waals surface area contributed by atoms with E-state index in [4.69, 9.17) is 9.47 Å². The summed E-state index contributed by atoms with van der Waals surface area (Å²) in [5.41, 5.74) is 0. The molecule has 0 aromatic carbocycles. The van der Waals surface area contributed by atoms with E-state index in [-0.39, 0.29) is 5.79 Å². The van der Waals surface area contributed by atoms with E-state index in [0.717, 1.165) is 13.0 Å². The van der Waals surface area contributed by atoms with Gasteiger partial charge in [-0.05, 0) is 18.8 Å². The third kappa shape index (κ3) is 1.01. The van der Waals surface area contributed by atoms with Gasteiger partial charge in [0, 0.05) is 5.92 Å². The van der Waals surface area contributed by atoms with Crippen molar-refractivity contribution < 1.29 is 9.47 Å². The van der Waals surface area contributed by atoms with Gasteiger partial charge in [-0.2, -0.15) is 0 Å². The standard InChI is InChI=1S/C10H18O2/c1-4-10-8(3)5-7(2)9(12-10)6-11-10/h7-9H,4-6H2,1-3H3/t7?,8?,9-,10?/m1/s1. The molecule has 2 heteroatoms. The molecule has 3 unspecified atom stereocenters. The summed E-state index contributed by atoms with van der Waals surface area (Å²) in [5, 5.41) is 0. The average Bonchev–Trinajstić information content (AvgIpc) is 2.44. The van der Waals surface area contributed by atoms with Gasteiger partial charge in [-0.1, -0.05) is 20.8 Å². The predicted octanol–water partition coefficient (Wildman–Crippen LogP) is 2.18. The van der Waals surface area contributed by atoms with Crippen molar-refractivity contribution in [3.05, 3.63) is 0 Å². The van der Waals surface area contributed by atoms with Crippen LogP contribution in [0, 0.1) is 11.8 Å². The second kappa shape index (κ2) is 2.71. The lowest BCUT2D eigenvalue weighted by molar-refractivity contribution is -0.229. The summed E-state index contributed by atoms with van der Waals surface area (Å²) in [6.07, 6.45) is 2.59. The Morgan fingerprint density at radius 1 is 1.42 bits per heavy atom. The summed E-state index contributed by atoms with van der Waals surface area (Å²) in [7, 11) is 0. The maximum absolute atomic E-state index is 5.94. The molecule has 2 nitrogen and oxygen atoms in total. The molecule has 2 saturated heterocycles. The second-order valence-corrected chi connectivity index (χ2v) is 4.25. The fourth-order valence-corrected chi connectivity index (χ4v) is 2.51. The number of hydrogen-bond donors (Lipinski definition) is 0. The van der Waals surface area contributed by atoms with Crippen molar-refractivity contribution in [3.63, 3.8) is 0 Å². The lowest BCUT2D eigenvalue weighted by Crippen LogP contribution is -2.43. The maximum atomic E-state index is 5.94. The van der Waals surface area contributed by atoms with Crippen LogP contribution in [0.2, 0.25) is 0 Å². The smallest absolute Gasteiger partial charge is 0.171 e. The number of rotatable bonds is 1. The maximum Gasteiger partial charge on any atom is 0.171 e. The van der Waals surface area contributed by atoms with Crippen molar-refractivity contribution in [2.45, 2.75) is 45.5 Å². The van der Waals surface area contributed by atoms with Gasteiger partial charge in [0.1, 0.15) is 0 Å². The molecule has 0 aromatic rings. The molecular formula is C10H18O2. The van der Waals surface area contributed by atoms with Crippen molar-refractivity contribution in [1.82, 2.24) is 0 Å². The third-order valence-electron chi connectivity index (χ3n) is 3.45. The highest BCUT2D eigenvalue weighted by Crippen LogP contribution is 2.44. The van der Waals surface area contributed by atoms with Gasteiger partial charge in [0.2, 0.25) is 0 Å². The van der Waals surface area contributed by atoms with E-state index in [9.17, 15) is 0 Å². The third-order valence-corrected chi connectivity index (χ3v) is 3.45. The normalized spacial score (nSPS) is 52.8. The van der Waals surface area contributed by atoms with Crippen LogP contribution < -0.4 is 0 Å². The van der Waals surface area contributed by atoms with E-state index in [2.05, 4.69) is 20.8 Å². The zero-order valence-corrected chi connectivity index (χ0v) is 8.17. The Bertz CT molecular complexity index is 181. The Hall–Kier alpha value is -0.0800. The fourth-order valence-electron chi connectivity index (χ4n) is 2.51. The van der Waals surface area contributed by atoms with E-state index < -0.39 is 0 Å². The first-order valence-electron chi connectivity index (χ1n) is 4.99. The zero-order valence-electron chi connectivity index (χ0n) is 8.17. The van der Waals surface area contributed by atoms with E-state index in [1.165, 1.54) is 6.42 Å². The van der Waals surface area contributed by atoms with Gasteiger partial charge in [-0.3, -0.25) is 0 Å². The fraction of sp³-hybridized carbons (Fsp3) is 1.00. The summed E-state index contributed by atoms with van der Waals surface area (Å²) in [6, 6.07) is 0. The molecule has 4 atom stereocenters. The van der Waals surface area contributed by atoms with E-state index in [0.29, 0.717) is 17.9 Å². The summed E-state index contributed by atoms with van der Waals surface area (Å²) in [5.74, 6) is 0.996. The molecule has 0 spiro atoms. The highest BCUT2D eigenvalue weighted by Gasteiger charge is 2.50. The van der Waals surface area contributed by atoms with Crippen LogP contribution in [0.25, 0.3) is 0 Å². The summed E-state index contributed by atoms with van der Waals surface area (Å²) in [4.78, 5) is 0. The minimum Gasteiger partial charge on any atom is -0.347 e. The summed E-state index contributed by atoms with van der Waals surface area (Å²) in [6.45, 7) is 7.45. The average molecular weight is 170 g/mol. The number of hydrogen-bond acceptors (Lipinski definition) is 2. The van der Waals surface area contributed by atoms with Crippen LogP contribution in [0.15, 0.2) is 0 Å². The highest BCUT2D eigenvalue weighted by atomic mass is 16.7. The van der Waals surface area contributed by atoms with Gasteiger partial charge < -0.3 is 9.47 Å². The molecule has 2 aliphatic rings. The molecule has 2 bridgehead atoms. The molecule has 0 N–H and O–H groups in total. The van der Waals surface area contributed by atoms with Gasteiger partial charge in [0.15, 0.2) is 5.79 Å². The van der Waals surface area contributed by atoms with Crippen LogP contribution in [-0.2, 0) is 9.47 Å². The summed E-state index contributed by atoms with van der Waals surface area (Å²) < 4.78 is 11.7. The Kier molecular flexibility index (Phi) is 1.92. The molecule has 0 radical (unpaired) electrons. The molecule has 2 aliphatic heterocycles. The zero-order chi connectivity index (χ0) is 8.77. The van der Waals surface area contributed by atoms with Gasteiger partial charge in [0.05, 0.1) is 12.7 Å². The monoisotopic (exact) mass is 170 g/mol. The summed E-state index contributed by atoms with van der Waals surface area (Å²) >= 11 is 0. The van der Waals surface area contributed by atoms with Gasteiger partial charge in [-0.25, -0.2) is 0 Å². The van der Waals surface area contributed by atoms with Crippen molar-refractivity contribution in [1.29, 1.82) is 0 Å². The molecule has 70 valence electrons. The lowest BCUT2D eigenvalue weighted by atomic mass is 9.84. The van der Waals surface area contributed by atoms with E-state index in [1.54, 1.807) is 0 Å². The Morgan fingerprint density at radius 2 is 2.17 bits per heavy atom. The first-order valence-corrected chi connectivity index (χ1v) is 4.99. The molecule has 0 amide bonds. The van der Waals surface area contributed by atoms with Crippen molar-refractivity contribution >= 4 is 0 Å². The molecule has 2 heterocycles. The van der Waals surface area contributed by atoms with Crippen LogP contribution in [0.5, 0.6) is 0 Å². The van der Waals surface area contributed by atoms with E-state index >= 15 is 0 Å². The quantitative estimate of drug-likeness (QED) is 0.600. The van der Waals surface area contributed by atoms with Crippen molar-refractivity contribution in [2.75, 3.05) is 6.61 Å².